The molecule has 2 N–H and O–H groups in total. The summed E-state index contributed by atoms with van der Waals surface area (Å²) in [4.78, 5) is 16.3. The average Bonchev–Trinajstić information content (AvgIpc) is 2.60. The highest BCUT2D eigenvalue weighted by Gasteiger charge is 2.22. The molecule has 0 unspecified atom stereocenters. The van der Waals surface area contributed by atoms with Gasteiger partial charge in [0.1, 0.15) is 11.8 Å². The van der Waals surface area contributed by atoms with Crippen molar-refractivity contribution in [2.24, 2.45) is 0 Å². The Bertz CT molecular complexity index is 798. The van der Waals surface area contributed by atoms with Gasteiger partial charge < -0.3 is 15.4 Å². The molecule has 3 rings (SSSR count). The highest BCUT2D eigenvalue weighted by molar-refractivity contribution is 5.81. The molecule has 6 nitrogen and oxygen atoms in total. The molecule has 1 aromatic carbocycles. The van der Waals surface area contributed by atoms with Crippen LogP contribution in [0.25, 0.3) is 0 Å². The molecule has 1 atom stereocenters. The van der Waals surface area contributed by atoms with Gasteiger partial charge in [-0.15, -0.1) is 0 Å². The third kappa shape index (κ3) is 3.46. The van der Waals surface area contributed by atoms with Crippen molar-refractivity contribution in [3.63, 3.8) is 0 Å². The molecule has 2 aromatic rings. The third-order valence-electron chi connectivity index (χ3n) is 3.89. The first-order chi connectivity index (χ1) is 11.7. The Morgan fingerprint density at radius 1 is 1.46 bits per heavy atom. The highest BCUT2D eigenvalue weighted by atomic mass is 16.5. The largest absolute Gasteiger partial charge is 0.493 e. The molecule has 122 valence electrons. The summed E-state index contributed by atoms with van der Waals surface area (Å²) in [5.41, 5.74) is 2.82. The van der Waals surface area contributed by atoms with Gasteiger partial charge in [-0.05, 0) is 19.1 Å². The van der Waals surface area contributed by atoms with Crippen molar-refractivity contribution in [2.45, 2.75) is 19.4 Å². The van der Waals surface area contributed by atoms with Gasteiger partial charge in [0.2, 0.25) is 5.91 Å². The quantitative estimate of drug-likeness (QED) is 0.902. The molecule has 0 saturated carbocycles. The maximum Gasteiger partial charge on any atom is 0.239 e. The lowest BCUT2D eigenvalue weighted by molar-refractivity contribution is -0.120. The summed E-state index contributed by atoms with van der Waals surface area (Å²) in [5, 5.41) is 15.1. The van der Waals surface area contributed by atoms with Crippen molar-refractivity contribution < 1.29 is 9.53 Å². The number of nitriles is 1. The average molecular weight is 322 g/mol. The summed E-state index contributed by atoms with van der Waals surface area (Å²) in [6.07, 6.45) is 2.24. The van der Waals surface area contributed by atoms with Crippen molar-refractivity contribution in [3.8, 4) is 11.8 Å². The number of aromatic nitrogens is 1. The lowest BCUT2D eigenvalue weighted by atomic mass is 10.0. The number of hydrogen-bond donors (Lipinski definition) is 2. The first kappa shape index (κ1) is 15.8. The standard InChI is InChI=1S/C18H18N4O2/c1-12-8-16(13(9-19)10-20-12)21-11-18(23)22-15-6-7-24-17-5-3-2-4-14(15)17/h2-5,8,10,15H,6-7,11H2,1H3,(H,20,21)(H,22,23)/t15-/m1/s1. The molecule has 0 saturated heterocycles. The van der Waals surface area contributed by atoms with E-state index in [2.05, 4.69) is 21.7 Å². The number of rotatable bonds is 4. The number of nitrogens with one attached hydrogen (secondary N) is 2. The number of fused-ring (bicyclic) bond motifs is 1. The number of pyridine rings is 1. The number of aryl methyl sites for hydroxylation is 1. The predicted octanol–water partition coefficient (Wildman–Crippen LogP) is 2.31. The van der Waals surface area contributed by atoms with Crippen LogP contribution >= 0.6 is 0 Å². The topological polar surface area (TPSA) is 87.0 Å². The summed E-state index contributed by atoms with van der Waals surface area (Å²) < 4.78 is 5.60. The number of anilines is 1. The van der Waals surface area contributed by atoms with Crippen LogP contribution in [0.2, 0.25) is 0 Å². The Balaban J connectivity index is 1.63. The van der Waals surface area contributed by atoms with Gasteiger partial charge in [-0.1, -0.05) is 18.2 Å². The van der Waals surface area contributed by atoms with Crippen molar-refractivity contribution in [2.75, 3.05) is 18.5 Å². The zero-order valence-electron chi connectivity index (χ0n) is 13.4. The Kier molecular flexibility index (Phi) is 4.62. The fourth-order valence-corrected chi connectivity index (χ4v) is 2.71. The lowest BCUT2D eigenvalue weighted by Crippen LogP contribution is -2.35. The minimum Gasteiger partial charge on any atom is -0.493 e. The molecule has 2 heterocycles. The fraction of sp³-hybridized carbons (Fsp3) is 0.278. The number of carbonyl (C=O) groups excluding carboxylic acids is 1. The van der Waals surface area contributed by atoms with E-state index in [-0.39, 0.29) is 18.5 Å². The maximum atomic E-state index is 12.3. The maximum absolute atomic E-state index is 12.3. The van der Waals surface area contributed by atoms with Crippen LogP contribution in [0, 0.1) is 18.3 Å². The van der Waals surface area contributed by atoms with Gasteiger partial charge >= 0.3 is 0 Å². The van der Waals surface area contributed by atoms with Crippen LogP contribution in [0.5, 0.6) is 5.75 Å². The number of benzene rings is 1. The van der Waals surface area contributed by atoms with Crippen molar-refractivity contribution in [1.82, 2.24) is 10.3 Å². The van der Waals surface area contributed by atoms with Crippen molar-refractivity contribution in [3.05, 3.63) is 53.3 Å². The molecule has 1 aliphatic rings. The van der Waals surface area contributed by atoms with Crippen LogP contribution in [-0.4, -0.2) is 24.0 Å². The molecule has 24 heavy (non-hydrogen) atoms. The lowest BCUT2D eigenvalue weighted by Gasteiger charge is -2.26. The van der Waals surface area contributed by atoms with E-state index in [9.17, 15) is 4.79 Å². The summed E-state index contributed by atoms with van der Waals surface area (Å²) in [6, 6.07) is 11.5. The van der Waals surface area contributed by atoms with Crippen LogP contribution in [0.1, 0.15) is 29.3 Å². The van der Waals surface area contributed by atoms with E-state index >= 15 is 0 Å². The Morgan fingerprint density at radius 2 is 2.29 bits per heavy atom. The van der Waals surface area contributed by atoms with Crippen LogP contribution < -0.4 is 15.4 Å². The Morgan fingerprint density at radius 3 is 3.12 bits per heavy atom. The van der Waals surface area contributed by atoms with E-state index in [0.29, 0.717) is 17.9 Å². The second-order valence-corrected chi connectivity index (χ2v) is 5.63. The van der Waals surface area contributed by atoms with E-state index < -0.39 is 0 Å². The van der Waals surface area contributed by atoms with E-state index in [4.69, 9.17) is 10.00 Å². The van der Waals surface area contributed by atoms with E-state index in [1.165, 1.54) is 6.20 Å². The van der Waals surface area contributed by atoms with Gasteiger partial charge in [0.05, 0.1) is 30.4 Å². The minimum absolute atomic E-state index is 0.0566. The predicted molar refractivity (Wildman–Crippen MR) is 89.6 cm³/mol. The second kappa shape index (κ2) is 7.01. The summed E-state index contributed by atoms with van der Waals surface area (Å²) in [5.74, 6) is 0.689. The first-order valence-corrected chi connectivity index (χ1v) is 7.79. The number of nitrogens with zero attached hydrogens (tertiary/aromatic N) is 2. The molecule has 1 amide bonds. The monoisotopic (exact) mass is 322 g/mol. The number of amides is 1. The molecular weight excluding hydrogens is 304 g/mol. The van der Waals surface area contributed by atoms with Gasteiger partial charge in [-0.25, -0.2) is 0 Å². The van der Waals surface area contributed by atoms with Crippen molar-refractivity contribution in [1.29, 1.82) is 5.26 Å². The molecule has 0 radical (unpaired) electrons. The van der Waals surface area contributed by atoms with Crippen LogP contribution in [0.3, 0.4) is 0 Å². The first-order valence-electron chi connectivity index (χ1n) is 7.79. The van der Waals surface area contributed by atoms with Crippen LogP contribution in [0.15, 0.2) is 36.5 Å². The molecule has 0 aliphatic carbocycles. The Labute approximate surface area is 140 Å². The normalized spacial score (nSPS) is 15.6. The fourth-order valence-electron chi connectivity index (χ4n) is 2.71. The van der Waals surface area contributed by atoms with Gasteiger partial charge in [-0.2, -0.15) is 5.26 Å². The van der Waals surface area contributed by atoms with E-state index in [1.54, 1.807) is 6.07 Å². The molecule has 0 bridgehead atoms. The second-order valence-electron chi connectivity index (χ2n) is 5.63. The molecule has 6 heteroatoms. The Hall–Kier alpha value is -3.07. The van der Waals surface area contributed by atoms with Crippen molar-refractivity contribution >= 4 is 11.6 Å². The van der Waals surface area contributed by atoms with Gasteiger partial charge in [0.15, 0.2) is 0 Å². The highest BCUT2D eigenvalue weighted by Crippen LogP contribution is 2.31. The van der Waals surface area contributed by atoms with Gasteiger partial charge in [0, 0.05) is 23.9 Å². The molecular formula is C18H18N4O2. The number of carbonyl (C=O) groups is 1. The van der Waals surface area contributed by atoms with E-state index in [1.807, 2.05) is 31.2 Å². The summed E-state index contributed by atoms with van der Waals surface area (Å²) in [6.45, 7) is 2.51. The van der Waals surface area contributed by atoms with Gasteiger partial charge in [0.25, 0.3) is 0 Å². The van der Waals surface area contributed by atoms with E-state index in [0.717, 1.165) is 23.4 Å². The summed E-state index contributed by atoms with van der Waals surface area (Å²) >= 11 is 0. The number of para-hydroxylation sites is 1. The SMILES string of the molecule is Cc1cc(NCC(=O)N[C@@H]2CCOc3ccccc32)c(C#N)cn1. The van der Waals surface area contributed by atoms with Crippen LogP contribution in [0.4, 0.5) is 5.69 Å². The third-order valence-corrected chi connectivity index (χ3v) is 3.89. The zero-order valence-corrected chi connectivity index (χ0v) is 13.4. The molecule has 1 aromatic heterocycles. The summed E-state index contributed by atoms with van der Waals surface area (Å²) in [7, 11) is 0. The minimum atomic E-state index is -0.130. The van der Waals surface area contributed by atoms with Crippen LogP contribution in [-0.2, 0) is 4.79 Å². The molecule has 0 spiro atoms. The smallest absolute Gasteiger partial charge is 0.239 e. The zero-order chi connectivity index (χ0) is 16.9. The number of ether oxygens (including phenoxy) is 1. The molecule has 0 fully saturated rings. The molecule has 1 aliphatic heterocycles. The number of hydrogen-bond acceptors (Lipinski definition) is 5. The van der Waals surface area contributed by atoms with Gasteiger partial charge in [-0.3, -0.25) is 9.78 Å².